The van der Waals surface area contributed by atoms with Crippen LogP contribution >= 0.6 is 11.3 Å². The van der Waals surface area contributed by atoms with Crippen molar-refractivity contribution in [3.8, 4) is 0 Å². The monoisotopic (exact) mass is 213 g/mol. The van der Waals surface area contributed by atoms with Crippen molar-refractivity contribution in [2.75, 3.05) is 0 Å². The Kier molecular flexibility index (Phi) is 6.22. The number of hydrogen-bond acceptors (Lipinski definition) is 4. The molecular weight excluding hydrogens is 202 g/mol. The van der Waals surface area contributed by atoms with Crippen molar-refractivity contribution >= 4 is 29.3 Å². The molecule has 1 aromatic heterocycles. The zero-order valence-corrected chi connectivity index (χ0v) is 8.54. The molecule has 0 atom stereocenters. The van der Waals surface area contributed by atoms with E-state index in [9.17, 15) is 9.59 Å². The Labute approximate surface area is 85.7 Å². The van der Waals surface area contributed by atoms with E-state index in [-0.39, 0.29) is 24.4 Å². The van der Waals surface area contributed by atoms with Crippen molar-refractivity contribution in [2.45, 2.75) is 13.3 Å². The van der Waals surface area contributed by atoms with Crippen LogP contribution in [0, 0.1) is 0 Å². The Balaban J connectivity index is 0.000000500. The third kappa shape index (κ3) is 5.21. The quantitative estimate of drug-likeness (QED) is 0.462. The molecule has 0 aromatic carbocycles. The van der Waals surface area contributed by atoms with Crippen molar-refractivity contribution in [1.29, 1.82) is 0 Å². The van der Waals surface area contributed by atoms with Gasteiger partial charge in [-0.3, -0.25) is 14.4 Å². The summed E-state index contributed by atoms with van der Waals surface area (Å²) in [5.74, 6) is -0.157. The van der Waals surface area contributed by atoms with Gasteiger partial charge in [0.25, 0.3) is 0 Å². The number of hydrogen-bond donors (Lipinski definition) is 1. The molecule has 0 saturated carbocycles. The number of amides is 1. The standard InChI is InChI=1S/C8H8O2S.CH3NO/c1-6(9)5-7(10)8-3-2-4-11-8;2-1-3/h2-4H,5H2,1H3;1H,(H2,2,3). The third-order valence-corrected chi connectivity index (χ3v) is 2.12. The van der Waals surface area contributed by atoms with Gasteiger partial charge >= 0.3 is 0 Å². The molecule has 0 saturated heterocycles. The highest BCUT2D eigenvalue weighted by molar-refractivity contribution is 7.12. The second-order valence-corrected chi connectivity index (χ2v) is 3.36. The van der Waals surface area contributed by atoms with Crippen LogP contribution in [-0.2, 0) is 9.59 Å². The van der Waals surface area contributed by atoms with Gasteiger partial charge in [0.1, 0.15) is 5.78 Å². The first-order valence-electron chi connectivity index (χ1n) is 3.83. The Bertz CT molecular complexity index is 306. The first-order valence-corrected chi connectivity index (χ1v) is 4.71. The number of carbonyl (C=O) groups excluding carboxylic acids is 3. The predicted octanol–water partition coefficient (Wildman–Crippen LogP) is 1.01. The van der Waals surface area contributed by atoms with Gasteiger partial charge in [-0.05, 0) is 18.4 Å². The number of ketones is 2. The largest absolute Gasteiger partial charge is 0.372 e. The molecule has 1 aromatic rings. The maximum absolute atomic E-state index is 11.1. The van der Waals surface area contributed by atoms with Crippen molar-refractivity contribution in [3.63, 3.8) is 0 Å². The summed E-state index contributed by atoms with van der Waals surface area (Å²) in [5, 5.41) is 1.83. The zero-order chi connectivity index (χ0) is 11.0. The van der Waals surface area contributed by atoms with E-state index in [4.69, 9.17) is 4.79 Å². The number of primary amides is 1. The molecule has 2 N–H and O–H groups in total. The van der Waals surface area contributed by atoms with E-state index in [1.54, 1.807) is 12.1 Å². The van der Waals surface area contributed by atoms with Gasteiger partial charge in [0.15, 0.2) is 5.78 Å². The Morgan fingerprint density at radius 3 is 2.50 bits per heavy atom. The summed E-state index contributed by atoms with van der Waals surface area (Å²) < 4.78 is 0. The molecule has 0 aliphatic carbocycles. The second kappa shape index (κ2) is 6.97. The summed E-state index contributed by atoms with van der Waals surface area (Å²) in [6.07, 6.45) is 0.278. The van der Waals surface area contributed by atoms with Gasteiger partial charge in [-0.25, -0.2) is 0 Å². The third-order valence-electron chi connectivity index (χ3n) is 1.21. The van der Waals surface area contributed by atoms with Crippen LogP contribution in [0.3, 0.4) is 0 Å². The summed E-state index contributed by atoms with van der Waals surface area (Å²) in [4.78, 5) is 30.9. The average molecular weight is 213 g/mol. The van der Waals surface area contributed by atoms with Crippen LogP contribution in [0.5, 0.6) is 0 Å². The summed E-state index contributed by atoms with van der Waals surface area (Å²) in [5.41, 5.74) is 4.17. The molecule has 76 valence electrons. The van der Waals surface area contributed by atoms with Gasteiger partial charge in [0.05, 0.1) is 11.3 Å². The minimum atomic E-state index is -0.0802. The smallest absolute Gasteiger partial charge is 0.204 e. The highest BCUT2D eigenvalue weighted by Crippen LogP contribution is 2.10. The number of carbonyl (C=O) groups is 3. The number of thiophene rings is 1. The molecule has 1 rings (SSSR count). The Morgan fingerprint density at radius 2 is 2.14 bits per heavy atom. The van der Waals surface area contributed by atoms with Crippen LogP contribution in [0.15, 0.2) is 17.5 Å². The molecule has 1 amide bonds. The van der Waals surface area contributed by atoms with Crippen molar-refractivity contribution < 1.29 is 14.4 Å². The highest BCUT2D eigenvalue weighted by atomic mass is 32.1. The first-order chi connectivity index (χ1) is 6.61. The summed E-state index contributed by atoms with van der Waals surface area (Å²) in [7, 11) is 0. The number of Topliss-reactive ketones (excluding diaryl/α,β-unsaturated/α-hetero) is 2. The van der Waals surface area contributed by atoms with Crippen LogP contribution in [-0.4, -0.2) is 18.0 Å². The molecule has 0 fully saturated rings. The molecule has 0 bridgehead atoms. The second-order valence-electron chi connectivity index (χ2n) is 2.42. The summed E-state index contributed by atoms with van der Waals surface area (Å²) in [6, 6.07) is 3.54. The topological polar surface area (TPSA) is 77.2 Å². The van der Waals surface area contributed by atoms with Gasteiger partial charge in [0, 0.05) is 0 Å². The van der Waals surface area contributed by atoms with E-state index in [0.717, 1.165) is 0 Å². The minimum Gasteiger partial charge on any atom is -0.372 e. The molecule has 0 aliphatic rings. The number of nitrogens with two attached hydrogens (primary N) is 1. The Hall–Kier alpha value is -1.49. The van der Waals surface area contributed by atoms with Crippen LogP contribution in [0.2, 0.25) is 0 Å². The van der Waals surface area contributed by atoms with E-state index >= 15 is 0 Å². The highest BCUT2D eigenvalue weighted by Gasteiger charge is 2.08. The lowest BCUT2D eigenvalue weighted by Gasteiger charge is -1.90. The first kappa shape index (κ1) is 12.5. The zero-order valence-electron chi connectivity index (χ0n) is 7.73. The van der Waals surface area contributed by atoms with Crippen LogP contribution in [0.25, 0.3) is 0 Å². The van der Waals surface area contributed by atoms with Gasteiger partial charge < -0.3 is 5.73 Å². The van der Waals surface area contributed by atoms with Gasteiger partial charge in [-0.1, -0.05) is 6.07 Å². The molecule has 0 unspecified atom stereocenters. The average Bonchev–Trinajstić information content (AvgIpc) is 2.55. The molecule has 14 heavy (non-hydrogen) atoms. The minimum absolute atomic E-state index is 0.0283. The lowest BCUT2D eigenvalue weighted by Crippen LogP contribution is -2.02. The van der Waals surface area contributed by atoms with Crippen molar-refractivity contribution in [3.05, 3.63) is 22.4 Å². The molecule has 4 nitrogen and oxygen atoms in total. The molecule has 0 aliphatic heterocycles. The number of rotatable bonds is 3. The molecule has 1 heterocycles. The molecule has 5 heteroatoms. The van der Waals surface area contributed by atoms with E-state index in [1.165, 1.54) is 18.3 Å². The maximum Gasteiger partial charge on any atom is 0.204 e. The normalized spacial score (nSPS) is 8.36. The van der Waals surface area contributed by atoms with E-state index < -0.39 is 0 Å². The Morgan fingerprint density at radius 1 is 1.57 bits per heavy atom. The van der Waals surface area contributed by atoms with Crippen molar-refractivity contribution in [2.24, 2.45) is 5.73 Å². The van der Waals surface area contributed by atoms with E-state index in [2.05, 4.69) is 5.73 Å². The fourth-order valence-electron chi connectivity index (χ4n) is 0.750. The fourth-order valence-corrected chi connectivity index (χ4v) is 1.41. The van der Waals surface area contributed by atoms with E-state index in [1.807, 2.05) is 5.38 Å². The summed E-state index contributed by atoms with van der Waals surface area (Å²) >= 11 is 1.37. The fraction of sp³-hybridized carbons (Fsp3) is 0.222. The summed E-state index contributed by atoms with van der Waals surface area (Å²) in [6.45, 7) is 1.42. The molecule has 0 spiro atoms. The van der Waals surface area contributed by atoms with Gasteiger partial charge in [0.2, 0.25) is 6.41 Å². The van der Waals surface area contributed by atoms with Crippen LogP contribution in [0.1, 0.15) is 23.0 Å². The van der Waals surface area contributed by atoms with Crippen LogP contribution < -0.4 is 5.73 Å². The van der Waals surface area contributed by atoms with Crippen molar-refractivity contribution in [1.82, 2.24) is 0 Å². The van der Waals surface area contributed by atoms with Crippen LogP contribution in [0.4, 0.5) is 0 Å². The van der Waals surface area contributed by atoms with E-state index in [0.29, 0.717) is 4.88 Å². The molecular formula is C9H11NO3S. The molecule has 0 radical (unpaired) electrons. The predicted molar refractivity (Wildman–Crippen MR) is 54.2 cm³/mol. The SMILES string of the molecule is CC(=O)CC(=O)c1cccs1.NC=O. The lowest BCUT2D eigenvalue weighted by molar-refractivity contribution is -0.116. The van der Waals surface area contributed by atoms with Gasteiger partial charge in [-0.15, -0.1) is 11.3 Å². The lowest BCUT2D eigenvalue weighted by atomic mass is 10.2. The van der Waals surface area contributed by atoms with Gasteiger partial charge in [-0.2, -0.15) is 0 Å². The maximum atomic E-state index is 11.1.